The van der Waals surface area contributed by atoms with Gasteiger partial charge in [-0.15, -0.1) is 0 Å². The largest absolute Gasteiger partial charge is 0.467 e. The zero-order chi connectivity index (χ0) is 20.1. The molecule has 11 nitrogen and oxygen atoms in total. The van der Waals surface area contributed by atoms with E-state index < -0.39 is 41.9 Å². The number of ether oxygens (including phenoxy) is 3. The Hall–Kier alpha value is -2.56. The molecule has 1 rings (SSSR count). The molecule has 0 bridgehead atoms. The van der Waals surface area contributed by atoms with Gasteiger partial charge in [0.2, 0.25) is 0 Å². The van der Waals surface area contributed by atoms with Crippen LogP contribution >= 0.6 is 0 Å². The van der Waals surface area contributed by atoms with Crippen molar-refractivity contribution in [2.45, 2.75) is 51.8 Å². The number of hydroxylamine groups is 2. The van der Waals surface area contributed by atoms with Crippen molar-refractivity contribution in [2.24, 2.45) is 0 Å². The molecule has 2 atom stereocenters. The number of rotatable bonds is 3. The van der Waals surface area contributed by atoms with Gasteiger partial charge in [0.15, 0.2) is 0 Å². The fourth-order valence-corrected chi connectivity index (χ4v) is 2.35. The summed E-state index contributed by atoms with van der Waals surface area (Å²) in [6.07, 6.45) is -1.89. The van der Waals surface area contributed by atoms with Gasteiger partial charge in [-0.25, -0.2) is 29.6 Å². The molecule has 11 heteroatoms. The van der Waals surface area contributed by atoms with Crippen molar-refractivity contribution < 1.29 is 38.6 Å². The molecule has 0 saturated carbocycles. The highest BCUT2D eigenvalue weighted by atomic mass is 16.6. The van der Waals surface area contributed by atoms with Crippen LogP contribution in [0.1, 0.15) is 34.1 Å². The number of urea groups is 1. The fourth-order valence-electron chi connectivity index (χ4n) is 2.35. The second-order valence-electron chi connectivity index (χ2n) is 6.56. The maximum Gasteiger partial charge on any atom is 0.415 e. The van der Waals surface area contributed by atoms with E-state index in [2.05, 4.69) is 9.47 Å². The summed E-state index contributed by atoms with van der Waals surface area (Å²) in [7, 11) is 1.16. The SMILES string of the molecule is CCOC(=O)NC(=O)N(O)C1C[C@@H](C(=O)OC)N(C(=O)OC(C)(C)C)C1. The lowest BCUT2D eigenvalue weighted by atomic mass is 10.1. The molecule has 1 heterocycles. The predicted octanol–water partition coefficient (Wildman–Crippen LogP) is 1.09. The fraction of sp³-hybridized carbons (Fsp3) is 0.733. The number of nitrogens with one attached hydrogen (secondary N) is 1. The Kier molecular flexibility index (Phi) is 7.19. The highest BCUT2D eigenvalue weighted by Crippen LogP contribution is 2.25. The molecule has 4 amide bonds. The van der Waals surface area contributed by atoms with Crippen LogP contribution in [0.2, 0.25) is 0 Å². The van der Waals surface area contributed by atoms with Gasteiger partial charge in [0.1, 0.15) is 11.6 Å². The molecule has 1 unspecified atom stereocenters. The number of alkyl carbamates (subject to hydrolysis) is 1. The number of amides is 4. The molecule has 0 radical (unpaired) electrons. The highest BCUT2D eigenvalue weighted by Gasteiger charge is 2.45. The molecule has 148 valence electrons. The van der Waals surface area contributed by atoms with Gasteiger partial charge in [-0.1, -0.05) is 0 Å². The van der Waals surface area contributed by atoms with Crippen LogP contribution in [0.5, 0.6) is 0 Å². The van der Waals surface area contributed by atoms with Crippen LogP contribution in [0.25, 0.3) is 0 Å². The molecular weight excluding hydrogens is 350 g/mol. The number of esters is 1. The number of imide groups is 1. The summed E-state index contributed by atoms with van der Waals surface area (Å²) < 4.78 is 14.5. The topological polar surface area (TPSA) is 135 Å². The minimum Gasteiger partial charge on any atom is -0.467 e. The second kappa shape index (κ2) is 8.70. The summed E-state index contributed by atoms with van der Waals surface area (Å²) in [4.78, 5) is 48.5. The first kappa shape index (κ1) is 21.5. The van der Waals surface area contributed by atoms with Crippen molar-refractivity contribution >= 4 is 24.2 Å². The minimum absolute atomic E-state index is 0.0464. The Labute approximate surface area is 151 Å². The molecule has 0 aromatic carbocycles. The Morgan fingerprint density at radius 3 is 2.38 bits per heavy atom. The van der Waals surface area contributed by atoms with Crippen molar-refractivity contribution in [2.75, 3.05) is 20.3 Å². The van der Waals surface area contributed by atoms with E-state index in [9.17, 15) is 24.4 Å². The van der Waals surface area contributed by atoms with Crippen molar-refractivity contribution in [3.63, 3.8) is 0 Å². The molecule has 0 aliphatic carbocycles. The molecule has 2 N–H and O–H groups in total. The summed E-state index contributed by atoms with van der Waals surface area (Å²) in [5, 5.41) is 12.1. The summed E-state index contributed by atoms with van der Waals surface area (Å²) in [6, 6.07) is -3.12. The lowest BCUT2D eigenvalue weighted by Crippen LogP contribution is -2.48. The summed E-state index contributed by atoms with van der Waals surface area (Å²) in [5.41, 5.74) is -0.796. The van der Waals surface area contributed by atoms with Crippen LogP contribution in [0.3, 0.4) is 0 Å². The molecule has 0 aromatic rings. The third-order valence-electron chi connectivity index (χ3n) is 3.42. The van der Waals surface area contributed by atoms with E-state index in [4.69, 9.17) is 4.74 Å². The van der Waals surface area contributed by atoms with E-state index in [1.54, 1.807) is 27.7 Å². The Balaban J connectivity index is 2.86. The number of hydrogen-bond acceptors (Lipinski definition) is 8. The predicted molar refractivity (Wildman–Crippen MR) is 86.3 cm³/mol. The number of hydrogen-bond donors (Lipinski definition) is 2. The van der Waals surface area contributed by atoms with Crippen molar-refractivity contribution in [3.05, 3.63) is 0 Å². The zero-order valence-electron chi connectivity index (χ0n) is 15.5. The molecule has 1 aliphatic rings. The van der Waals surface area contributed by atoms with Crippen LogP contribution < -0.4 is 5.32 Å². The average molecular weight is 375 g/mol. The maximum atomic E-state index is 12.3. The Bertz CT molecular complexity index is 560. The van der Waals surface area contributed by atoms with E-state index in [-0.39, 0.29) is 24.6 Å². The maximum absolute atomic E-state index is 12.3. The second-order valence-corrected chi connectivity index (χ2v) is 6.56. The standard InChI is InChI=1S/C15H25N3O8/c1-6-25-13(21)16-12(20)18(23)9-7-10(11(19)24-5)17(8-9)14(22)26-15(2,3)4/h9-10,23H,6-8H2,1-5H3,(H,16,20,21)/t9?,10-/m0/s1. The van der Waals surface area contributed by atoms with Crippen LogP contribution in [-0.4, -0.2) is 77.3 Å². The van der Waals surface area contributed by atoms with Crippen LogP contribution in [0.15, 0.2) is 0 Å². The normalized spacial score (nSPS) is 19.5. The number of likely N-dealkylation sites (tertiary alicyclic amines) is 1. The van der Waals surface area contributed by atoms with E-state index in [0.717, 1.165) is 12.0 Å². The highest BCUT2D eigenvalue weighted by molar-refractivity contribution is 5.90. The first-order chi connectivity index (χ1) is 12.0. The number of nitrogens with zero attached hydrogens (tertiary/aromatic N) is 2. The van der Waals surface area contributed by atoms with E-state index in [0.29, 0.717) is 0 Å². The van der Waals surface area contributed by atoms with Gasteiger partial charge in [0.25, 0.3) is 0 Å². The van der Waals surface area contributed by atoms with Gasteiger partial charge in [0, 0.05) is 13.0 Å². The molecule has 26 heavy (non-hydrogen) atoms. The lowest BCUT2D eigenvalue weighted by molar-refractivity contribution is -0.145. The van der Waals surface area contributed by atoms with Gasteiger partial charge in [0.05, 0.1) is 19.8 Å². The summed E-state index contributed by atoms with van der Waals surface area (Å²) in [6.45, 7) is 6.41. The average Bonchev–Trinajstić information content (AvgIpc) is 2.97. The number of carbonyl (C=O) groups is 4. The van der Waals surface area contributed by atoms with Crippen molar-refractivity contribution in [3.8, 4) is 0 Å². The molecule has 1 aliphatic heterocycles. The number of carbonyl (C=O) groups excluding carboxylic acids is 4. The first-order valence-electron chi connectivity index (χ1n) is 8.03. The van der Waals surface area contributed by atoms with Gasteiger partial charge >= 0.3 is 24.2 Å². The molecule has 0 aromatic heterocycles. The van der Waals surface area contributed by atoms with Gasteiger partial charge in [-0.2, -0.15) is 0 Å². The van der Waals surface area contributed by atoms with Gasteiger partial charge in [-0.05, 0) is 27.7 Å². The van der Waals surface area contributed by atoms with E-state index in [1.807, 2.05) is 5.32 Å². The van der Waals surface area contributed by atoms with Crippen LogP contribution in [0.4, 0.5) is 14.4 Å². The van der Waals surface area contributed by atoms with Gasteiger partial charge in [-0.3, -0.25) is 10.1 Å². The minimum atomic E-state index is -1.14. The number of methoxy groups -OCH3 is 1. The van der Waals surface area contributed by atoms with Gasteiger partial charge < -0.3 is 14.2 Å². The lowest BCUT2D eigenvalue weighted by Gasteiger charge is -2.27. The first-order valence-corrected chi connectivity index (χ1v) is 8.03. The summed E-state index contributed by atoms with van der Waals surface area (Å²) in [5.74, 6) is -0.711. The van der Waals surface area contributed by atoms with Crippen molar-refractivity contribution in [1.29, 1.82) is 0 Å². The molecule has 0 spiro atoms. The molecule has 1 fully saturated rings. The zero-order valence-corrected chi connectivity index (χ0v) is 15.5. The van der Waals surface area contributed by atoms with Crippen LogP contribution in [-0.2, 0) is 19.0 Å². The quantitative estimate of drug-likeness (QED) is 0.324. The van der Waals surface area contributed by atoms with E-state index >= 15 is 0 Å². The third-order valence-corrected chi connectivity index (χ3v) is 3.42. The Morgan fingerprint density at radius 1 is 1.27 bits per heavy atom. The third kappa shape index (κ3) is 5.76. The van der Waals surface area contributed by atoms with Crippen molar-refractivity contribution in [1.82, 2.24) is 15.3 Å². The molecule has 1 saturated heterocycles. The van der Waals surface area contributed by atoms with E-state index in [1.165, 1.54) is 0 Å². The molecular formula is C15H25N3O8. The smallest absolute Gasteiger partial charge is 0.415 e. The summed E-state index contributed by atoms with van der Waals surface area (Å²) >= 11 is 0. The monoisotopic (exact) mass is 375 g/mol. The van der Waals surface area contributed by atoms with Crippen LogP contribution in [0, 0.1) is 0 Å². The Morgan fingerprint density at radius 2 is 1.88 bits per heavy atom.